The Bertz CT molecular complexity index is 538. The summed E-state index contributed by atoms with van der Waals surface area (Å²) in [5, 5.41) is 9.63. The Morgan fingerprint density at radius 1 is 1.26 bits per heavy atom. The largest absolute Gasteiger partial charge is 0.353 e. The van der Waals surface area contributed by atoms with Gasteiger partial charge in [0, 0.05) is 31.7 Å². The van der Waals surface area contributed by atoms with E-state index in [-0.39, 0.29) is 5.91 Å². The number of carbonyl (C=O) groups excluding carboxylic acids is 1. The quantitative estimate of drug-likeness (QED) is 0.411. The highest BCUT2D eigenvalue weighted by molar-refractivity contribution is 5.94. The number of nitrogens with zero attached hydrogens (tertiary/aromatic N) is 1. The molecule has 2 atom stereocenters. The number of hydrogen-bond acceptors (Lipinski definition) is 2. The second-order valence-electron chi connectivity index (χ2n) is 6.20. The molecule has 3 N–H and O–H groups in total. The van der Waals surface area contributed by atoms with E-state index in [0.717, 1.165) is 36.8 Å². The van der Waals surface area contributed by atoms with Gasteiger partial charge in [-0.25, -0.2) is 0 Å². The van der Waals surface area contributed by atoms with E-state index in [9.17, 15) is 4.79 Å². The second-order valence-corrected chi connectivity index (χ2v) is 6.20. The molecule has 1 aromatic rings. The van der Waals surface area contributed by atoms with Gasteiger partial charge in [0.15, 0.2) is 5.96 Å². The molecule has 2 unspecified atom stereocenters. The first kappa shape index (κ1) is 17.3. The summed E-state index contributed by atoms with van der Waals surface area (Å²) in [6.07, 6.45) is 3.31. The molecule has 1 aliphatic rings. The molecule has 0 saturated heterocycles. The van der Waals surface area contributed by atoms with Gasteiger partial charge in [0.1, 0.15) is 0 Å². The van der Waals surface area contributed by atoms with Crippen LogP contribution in [0.3, 0.4) is 0 Å². The summed E-state index contributed by atoms with van der Waals surface area (Å²) < 4.78 is 0. The summed E-state index contributed by atoms with van der Waals surface area (Å²) in [5.41, 5.74) is 1.83. The normalized spacial score (nSPS) is 20.0. The zero-order chi connectivity index (χ0) is 16.7. The highest BCUT2D eigenvalue weighted by atomic mass is 16.1. The maximum absolute atomic E-state index is 11.9. The SMILES string of the molecule is CCCCNC(=O)c1ccc(CNC(=NC)NC2CC2C)cc1. The highest BCUT2D eigenvalue weighted by Crippen LogP contribution is 2.28. The molecule has 0 aromatic heterocycles. The fourth-order valence-corrected chi connectivity index (χ4v) is 2.33. The third kappa shape index (κ3) is 5.58. The van der Waals surface area contributed by atoms with Crippen LogP contribution in [0, 0.1) is 5.92 Å². The van der Waals surface area contributed by atoms with Crippen molar-refractivity contribution in [2.75, 3.05) is 13.6 Å². The van der Waals surface area contributed by atoms with Gasteiger partial charge in [-0.05, 0) is 36.5 Å². The summed E-state index contributed by atoms with van der Waals surface area (Å²) in [7, 11) is 1.78. The van der Waals surface area contributed by atoms with Crippen LogP contribution < -0.4 is 16.0 Å². The summed E-state index contributed by atoms with van der Waals surface area (Å²) in [4.78, 5) is 16.2. The molecule has 0 aliphatic heterocycles. The van der Waals surface area contributed by atoms with Crippen molar-refractivity contribution in [3.05, 3.63) is 35.4 Å². The summed E-state index contributed by atoms with van der Waals surface area (Å²) in [6, 6.07) is 8.26. The van der Waals surface area contributed by atoms with Gasteiger partial charge in [-0.3, -0.25) is 9.79 Å². The van der Waals surface area contributed by atoms with Gasteiger partial charge < -0.3 is 16.0 Å². The van der Waals surface area contributed by atoms with Gasteiger partial charge in [0.25, 0.3) is 5.91 Å². The van der Waals surface area contributed by atoms with Crippen molar-refractivity contribution in [2.24, 2.45) is 10.9 Å². The van der Waals surface area contributed by atoms with Crippen molar-refractivity contribution in [1.29, 1.82) is 0 Å². The van der Waals surface area contributed by atoms with Crippen molar-refractivity contribution in [1.82, 2.24) is 16.0 Å². The Kier molecular flexibility index (Phi) is 6.44. The molecule has 1 aromatic carbocycles. The van der Waals surface area contributed by atoms with Crippen molar-refractivity contribution in [3.63, 3.8) is 0 Å². The predicted octanol–water partition coefficient (Wildman–Crippen LogP) is 2.29. The number of carbonyl (C=O) groups is 1. The van der Waals surface area contributed by atoms with Crippen LogP contribution in [0.2, 0.25) is 0 Å². The minimum Gasteiger partial charge on any atom is -0.353 e. The van der Waals surface area contributed by atoms with Crippen LogP contribution in [-0.2, 0) is 6.54 Å². The summed E-state index contributed by atoms with van der Waals surface area (Å²) in [6.45, 7) is 5.77. The van der Waals surface area contributed by atoms with Crippen molar-refractivity contribution in [2.45, 2.75) is 45.7 Å². The standard InChI is InChI=1S/C18H28N4O/c1-4-5-10-20-17(23)15-8-6-14(7-9-15)12-21-18(19-3)22-16-11-13(16)2/h6-9,13,16H,4-5,10-12H2,1-3H3,(H,20,23)(H2,19,21,22). The second kappa shape index (κ2) is 8.56. The molecule has 0 bridgehead atoms. The molecule has 1 saturated carbocycles. The van der Waals surface area contributed by atoms with Crippen molar-refractivity contribution in [3.8, 4) is 0 Å². The van der Waals surface area contributed by atoms with E-state index in [1.165, 1.54) is 6.42 Å². The smallest absolute Gasteiger partial charge is 0.251 e. The molecule has 0 radical (unpaired) electrons. The Balaban J connectivity index is 1.78. The van der Waals surface area contributed by atoms with Crippen LogP contribution in [0.1, 0.15) is 49.0 Å². The molecular weight excluding hydrogens is 288 g/mol. The number of unbranched alkanes of at least 4 members (excludes halogenated alkanes) is 1. The Morgan fingerprint density at radius 3 is 2.52 bits per heavy atom. The topological polar surface area (TPSA) is 65.5 Å². The first-order valence-electron chi connectivity index (χ1n) is 8.48. The van der Waals surface area contributed by atoms with Crippen LogP contribution in [-0.4, -0.2) is 31.5 Å². The van der Waals surface area contributed by atoms with Gasteiger partial charge in [0.05, 0.1) is 0 Å². The monoisotopic (exact) mass is 316 g/mol. The summed E-state index contributed by atoms with van der Waals surface area (Å²) in [5.74, 6) is 1.57. The third-order valence-corrected chi connectivity index (χ3v) is 4.15. The number of hydrogen-bond donors (Lipinski definition) is 3. The number of rotatable bonds is 7. The predicted molar refractivity (Wildman–Crippen MR) is 94.6 cm³/mol. The first-order valence-corrected chi connectivity index (χ1v) is 8.48. The van der Waals surface area contributed by atoms with Crippen LogP contribution >= 0.6 is 0 Å². The van der Waals surface area contributed by atoms with Crippen molar-refractivity contribution >= 4 is 11.9 Å². The molecule has 2 rings (SSSR count). The molecule has 1 aliphatic carbocycles. The molecule has 1 fully saturated rings. The first-order chi connectivity index (χ1) is 11.1. The molecular formula is C18H28N4O. The Labute approximate surface area is 139 Å². The Hall–Kier alpha value is -2.04. The summed E-state index contributed by atoms with van der Waals surface area (Å²) >= 11 is 0. The zero-order valence-corrected chi connectivity index (χ0v) is 14.4. The van der Waals surface area contributed by atoms with Crippen LogP contribution in [0.4, 0.5) is 0 Å². The van der Waals surface area contributed by atoms with E-state index < -0.39 is 0 Å². The molecule has 0 heterocycles. The number of nitrogens with one attached hydrogen (secondary N) is 3. The van der Waals surface area contributed by atoms with E-state index in [1.54, 1.807) is 7.05 Å². The van der Waals surface area contributed by atoms with Gasteiger partial charge >= 0.3 is 0 Å². The van der Waals surface area contributed by atoms with Gasteiger partial charge in [-0.1, -0.05) is 32.4 Å². The van der Waals surface area contributed by atoms with Crippen LogP contribution in [0.5, 0.6) is 0 Å². The van der Waals surface area contributed by atoms with E-state index in [4.69, 9.17) is 0 Å². The fraction of sp³-hybridized carbons (Fsp3) is 0.556. The van der Waals surface area contributed by atoms with E-state index >= 15 is 0 Å². The molecule has 126 valence electrons. The third-order valence-electron chi connectivity index (χ3n) is 4.15. The van der Waals surface area contributed by atoms with Crippen LogP contribution in [0.25, 0.3) is 0 Å². The minimum absolute atomic E-state index is 0.00171. The lowest BCUT2D eigenvalue weighted by molar-refractivity contribution is 0.0953. The zero-order valence-electron chi connectivity index (χ0n) is 14.4. The maximum Gasteiger partial charge on any atom is 0.251 e. The average Bonchev–Trinajstić information content (AvgIpc) is 3.27. The number of benzene rings is 1. The maximum atomic E-state index is 11.9. The van der Waals surface area contributed by atoms with E-state index in [2.05, 4.69) is 34.8 Å². The number of amides is 1. The van der Waals surface area contributed by atoms with Gasteiger partial charge in [0.2, 0.25) is 0 Å². The number of guanidine groups is 1. The lowest BCUT2D eigenvalue weighted by atomic mass is 10.1. The van der Waals surface area contributed by atoms with Gasteiger partial charge in [-0.15, -0.1) is 0 Å². The van der Waals surface area contributed by atoms with E-state index in [1.807, 2.05) is 24.3 Å². The Morgan fingerprint density at radius 2 is 1.96 bits per heavy atom. The highest BCUT2D eigenvalue weighted by Gasteiger charge is 2.33. The molecule has 0 spiro atoms. The average molecular weight is 316 g/mol. The van der Waals surface area contributed by atoms with Gasteiger partial charge in [-0.2, -0.15) is 0 Å². The van der Waals surface area contributed by atoms with E-state index in [0.29, 0.717) is 18.2 Å². The van der Waals surface area contributed by atoms with Crippen molar-refractivity contribution < 1.29 is 4.79 Å². The fourth-order valence-electron chi connectivity index (χ4n) is 2.33. The molecule has 1 amide bonds. The lowest BCUT2D eigenvalue weighted by Gasteiger charge is -2.12. The lowest BCUT2D eigenvalue weighted by Crippen LogP contribution is -2.38. The minimum atomic E-state index is -0.00171. The number of aliphatic imine (C=N–C) groups is 1. The van der Waals surface area contributed by atoms with Crippen LogP contribution in [0.15, 0.2) is 29.3 Å². The molecule has 5 heteroatoms. The molecule has 5 nitrogen and oxygen atoms in total. The molecule has 23 heavy (non-hydrogen) atoms.